The van der Waals surface area contributed by atoms with E-state index in [1.807, 2.05) is 30.3 Å². The van der Waals surface area contributed by atoms with Crippen molar-refractivity contribution in [2.24, 2.45) is 5.10 Å². The molecule has 3 rings (SSSR count). The lowest BCUT2D eigenvalue weighted by Gasteiger charge is -2.14. The summed E-state index contributed by atoms with van der Waals surface area (Å²) < 4.78 is 26.8. The summed E-state index contributed by atoms with van der Waals surface area (Å²) in [4.78, 5) is 24.8. The fourth-order valence-electron chi connectivity index (χ4n) is 3.34. The molecule has 0 atom stereocenters. The molecule has 0 fully saturated rings. The number of methoxy groups -OCH3 is 4. The van der Waals surface area contributed by atoms with Crippen LogP contribution in [-0.2, 0) is 11.2 Å². The lowest BCUT2D eigenvalue weighted by Crippen LogP contribution is -2.17. The number of hydrogen-bond acceptors (Lipinski definition) is 8. The minimum absolute atomic E-state index is 0.196. The highest BCUT2D eigenvalue weighted by atomic mass is 16.6. The fraction of sp³-hybridized carbons (Fsp3) is 0.222. The normalized spacial score (nSPS) is 10.6. The van der Waals surface area contributed by atoms with E-state index in [2.05, 4.69) is 10.5 Å². The highest BCUT2D eigenvalue weighted by Crippen LogP contribution is 2.38. The van der Waals surface area contributed by atoms with Gasteiger partial charge in [-0.2, -0.15) is 5.10 Å². The molecule has 0 saturated heterocycles. The summed E-state index contributed by atoms with van der Waals surface area (Å²) in [5, 5.41) is 3.99. The second kappa shape index (κ2) is 12.8. The van der Waals surface area contributed by atoms with Gasteiger partial charge in [-0.05, 0) is 47.9 Å². The molecule has 0 spiro atoms. The van der Waals surface area contributed by atoms with Crippen LogP contribution in [0.2, 0.25) is 0 Å². The SMILES string of the molecule is COc1cc(C=NNC(=O)CCc2ccccc2)ccc1OC(=O)c1cc(OC)c(OC)c(OC)c1. The van der Waals surface area contributed by atoms with Crippen molar-refractivity contribution in [2.45, 2.75) is 12.8 Å². The average Bonchev–Trinajstić information content (AvgIpc) is 2.92. The largest absolute Gasteiger partial charge is 0.493 e. The van der Waals surface area contributed by atoms with Crippen LogP contribution in [0.4, 0.5) is 0 Å². The molecule has 36 heavy (non-hydrogen) atoms. The van der Waals surface area contributed by atoms with Crippen LogP contribution in [0.5, 0.6) is 28.7 Å². The molecule has 3 aromatic carbocycles. The first-order valence-electron chi connectivity index (χ1n) is 11.0. The van der Waals surface area contributed by atoms with Gasteiger partial charge in [-0.3, -0.25) is 4.79 Å². The minimum atomic E-state index is -0.639. The monoisotopic (exact) mass is 492 g/mol. The minimum Gasteiger partial charge on any atom is -0.493 e. The molecule has 3 aromatic rings. The molecule has 0 aliphatic heterocycles. The third-order valence-corrected chi connectivity index (χ3v) is 5.18. The number of hydrogen-bond donors (Lipinski definition) is 1. The quantitative estimate of drug-likeness (QED) is 0.187. The Morgan fingerprint density at radius 3 is 2.08 bits per heavy atom. The number of hydrazone groups is 1. The molecule has 0 radical (unpaired) electrons. The van der Waals surface area contributed by atoms with Gasteiger partial charge in [0.15, 0.2) is 23.0 Å². The average molecular weight is 493 g/mol. The maximum Gasteiger partial charge on any atom is 0.343 e. The van der Waals surface area contributed by atoms with E-state index in [-0.39, 0.29) is 17.2 Å². The topological polar surface area (TPSA) is 105 Å². The van der Waals surface area contributed by atoms with Crippen LogP contribution in [0.3, 0.4) is 0 Å². The van der Waals surface area contributed by atoms with Crippen LogP contribution in [0.25, 0.3) is 0 Å². The molecule has 0 saturated carbocycles. The molecule has 0 bridgehead atoms. The van der Waals surface area contributed by atoms with Crippen molar-refractivity contribution in [1.29, 1.82) is 0 Å². The molecule has 0 aliphatic rings. The summed E-state index contributed by atoms with van der Waals surface area (Å²) in [6, 6.07) is 17.6. The zero-order valence-corrected chi connectivity index (χ0v) is 20.6. The van der Waals surface area contributed by atoms with Crippen molar-refractivity contribution >= 4 is 18.1 Å². The van der Waals surface area contributed by atoms with Crippen LogP contribution >= 0.6 is 0 Å². The number of nitrogens with one attached hydrogen (secondary N) is 1. The van der Waals surface area contributed by atoms with Gasteiger partial charge in [0, 0.05) is 6.42 Å². The zero-order valence-electron chi connectivity index (χ0n) is 20.6. The van der Waals surface area contributed by atoms with Gasteiger partial charge in [-0.1, -0.05) is 30.3 Å². The molecule has 188 valence electrons. The van der Waals surface area contributed by atoms with Gasteiger partial charge in [0.1, 0.15) is 0 Å². The number of carbonyl (C=O) groups is 2. The molecular weight excluding hydrogens is 464 g/mol. The van der Waals surface area contributed by atoms with Crippen LogP contribution in [0.1, 0.15) is 27.9 Å². The van der Waals surface area contributed by atoms with Gasteiger partial charge in [-0.15, -0.1) is 0 Å². The van der Waals surface area contributed by atoms with Crippen LogP contribution < -0.4 is 29.1 Å². The van der Waals surface area contributed by atoms with E-state index in [0.29, 0.717) is 41.4 Å². The number of carbonyl (C=O) groups excluding carboxylic acids is 2. The summed E-state index contributed by atoms with van der Waals surface area (Å²) in [5.41, 5.74) is 4.44. The van der Waals surface area contributed by atoms with Gasteiger partial charge in [0.25, 0.3) is 0 Å². The van der Waals surface area contributed by atoms with Gasteiger partial charge < -0.3 is 23.7 Å². The van der Waals surface area contributed by atoms with Crippen molar-refractivity contribution in [1.82, 2.24) is 5.43 Å². The van der Waals surface area contributed by atoms with E-state index < -0.39 is 5.97 Å². The van der Waals surface area contributed by atoms with Crippen molar-refractivity contribution in [3.05, 3.63) is 77.4 Å². The molecular formula is C27H28N2O7. The Morgan fingerprint density at radius 1 is 0.806 bits per heavy atom. The summed E-state index contributed by atoms with van der Waals surface area (Å²) in [7, 11) is 5.85. The van der Waals surface area contributed by atoms with Gasteiger partial charge in [-0.25, -0.2) is 10.2 Å². The molecule has 0 aliphatic carbocycles. The first-order chi connectivity index (χ1) is 17.5. The standard InChI is InChI=1S/C27H28N2O7/c1-32-22-14-19(17-28-29-25(30)13-11-18-8-6-5-7-9-18)10-12-21(22)36-27(31)20-15-23(33-2)26(35-4)24(16-20)34-3/h5-10,12,14-17H,11,13H2,1-4H3,(H,29,30). The Hall–Kier alpha value is -4.53. The van der Waals surface area contributed by atoms with Crippen molar-refractivity contribution < 1.29 is 33.3 Å². The third-order valence-electron chi connectivity index (χ3n) is 5.18. The number of esters is 1. The predicted octanol–water partition coefficient (Wildman–Crippen LogP) is 4.02. The van der Waals surface area contributed by atoms with E-state index in [9.17, 15) is 9.59 Å². The number of amides is 1. The second-order valence-corrected chi connectivity index (χ2v) is 7.49. The molecule has 0 aromatic heterocycles. The number of benzene rings is 3. The van der Waals surface area contributed by atoms with E-state index in [4.69, 9.17) is 23.7 Å². The zero-order chi connectivity index (χ0) is 25.9. The summed E-state index contributed by atoms with van der Waals surface area (Å²) in [6.07, 6.45) is 2.43. The Morgan fingerprint density at radius 2 is 1.47 bits per heavy atom. The summed E-state index contributed by atoms with van der Waals surface area (Å²) in [6.45, 7) is 0. The highest BCUT2D eigenvalue weighted by Gasteiger charge is 2.19. The highest BCUT2D eigenvalue weighted by molar-refractivity contribution is 5.93. The maximum atomic E-state index is 12.8. The van der Waals surface area contributed by atoms with Crippen LogP contribution in [0, 0.1) is 0 Å². The molecule has 1 amide bonds. The van der Waals surface area contributed by atoms with Gasteiger partial charge >= 0.3 is 5.97 Å². The van der Waals surface area contributed by atoms with Crippen LogP contribution in [-0.4, -0.2) is 46.5 Å². The fourth-order valence-corrected chi connectivity index (χ4v) is 3.34. The van der Waals surface area contributed by atoms with Crippen molar-refractivity contribution in [2.75, 3.05) is 28.4 Å². The lowest BCUT2D eigenvalue weighted by atomic mass is 10.1. The lowest BCUT2D eigenvalue weighted by molar-refractivity contribution is -0.121. The molecule has 9 heteroatoms. The molecule has 0 heterocycles. The Kier molecular flexibility index (Phi) is 9.27. The van der Waals surface area contributed by atoms with Crippen molar-refractivity contribution in [3.8, 4) is 28.7 Å². The smallest absolute Gasteiger partial charge is 0.343 e. The van der Waals surface area contributed by atoms with E-state index in [0.717, 1.165) is 5.56 Å². The third kappa shape index (κ3) is 6.75. The van der Waals surface area contributed by atoms with Crippen LogP contribution in [0.15, 0.2) is 65.8 Å². The van der Waals surface area contributed by atoms with E-state index in [1.54, 1.807) is 18.2 Å². The van der Waals surface area contributed by atoms with Crippen molar-refractivity contribution in [3.63, 3.8) is 0 Å². The molecule has 1 N–H and O–H groups in total. The number of ether oxygens (including phenoxy) is 5. The summed E-state index contributed by atoms with van der Waals surface area (Å²) >= 11 is 0. The molecule has 9 nitrogen and oxygen atoms in total. The number of aryl methyl sites for hydroxylation is 1. The van der Waals surface area contributed by atoms with Gasteiger partial charge in [0.2, 0.25) is 11.7 Å². The first kappa shape index (κ1) is 26.1. The van der Waals surface area contributed by atoms with E-state index >= 15 is 0 Å². The number of nitrogens with zero attached hydrogens (tertiary/aromatic N) is 1. The predicted molar refractivity (Wildman–Crippen MR) is 135 cm³/mol. The number of rotatable bonds is 11. The molecule has 0 unspecified atom stereocenters. The van der Waals surface area contributed by atoms with E-state index in [1.165, 1.54) is 46.8 Å². The second-order valence-electron chi connectivity index (χ2n) is 7.49. The first-order valence-corrected chi connectivity index (χ1v) is 11.0. The Labute approximate surface area is 209 Å². The Balaban J connectivity index is 1.65. The van der Waals surface area contributed by atoms with Gasteiger partial charge in [0.05, 0.1) is 40.2 Å². The maximum absolute atomic E-state index is 12.8. The summed E-state index contributed by atoms with van der Waals surface area (Å²) in [5.74, 6) is 0.708. The Bertz CT molecular complexity index is 1200.